The molecule has 0 bridgehead atoms. The number of nitrogens with one attached hydrogen (secondary N) is 2. The summed E-state index contributed by atoms with van der Waals surface area (Å²) in [4.78, 5) is 24.2. The number of amides is 1. The second-order valence-electron chi connectivity index (χ2n) is 6.80. The summed E-state index contributed by atoms with van der Waals surface area (Å²) in [6.45, 7) is 6.96. The van der Waals surface area contributed by atoms with Crippen LogP contribution in [0.3, 0.4) is 0 Å². The average molecular weight is 465 g/mol. The zero-order chi connectivity index (χ0) is 23.7. The minimum atomic E-state index is -3.89. The van der Waals surface area contributed by atoms with E-state index in [0.717, 1.165) is 11.1 Å². The van der Waals surface area contributed by atoms with E-state index in [-0.39, 0.29) is 4.90 Å². The first kappa shape index (κ1) is 25.2. The van der Waals surface area contributed by atoms with Crippen molar-refractivity contribution in [3.63, 3.8) is 0 Å². The van der Waals surface area contributed by atoms with Crippen LogP contribution in [0.2, 0.25) is 0 Å². The third-order valence-corrected chi connectivity index (χ3v) is 5.79. The first-order chi connectivity index (χ1) is 15.2. The standard InChI is InChI=1S/C22H28N2O7S/c1-5-29-17-8-10-20(30-6-2)19(12-17)24-21(25)14-31-22(26)13-23-32(27,28)18-9-7-15(3)16(4)11-18/h7-12,23H,5-6,13-14H2,1-4H3,(H,24,25). The summed E-state index contributed by atoms with van der Waals surface area (Å²) in [5, 5.41) is 2.60. The number of esters is 1. The fraction of sp³-hybridized carbons (Fsp3) is 0.364. The summed E-state index contributed by atoms with van der Waals surface area (Å²) >= 11 is 0. The van der Waals surface area contributed by atoms with Crippen LogP contribution in [0.25, 0.3) is 0 Å². The molecule has 10 heteroatoms. The Morgan fingerprint density at radius 2 is 1.66 bits per heavy atom. The molecule has 0 aromatic heterocycles. The van der Waals surface area contributed by atoms with Crippen molar-refractivity contribution < 1.29 is 32.2 Å². The monoisotopic (exact) mass is 464 g/mol. The van der Waals surface area contributed by atoms with Gasteiger partial charge in [-0.3, -0.25) is 9.59 Å². The van der Waals surface area contributed by atoms with Gasteiger partial charge < -0.3 is 19.5 Å². The van der Waals surface area contributed by atoms with Crippen molar-refractivity contribution in [2.75, 3.05) is 31.7 Å². The molecule has 0 atom stereocenters. The van der Waals surface area contributed by atoms with Gasteiger partial charge in [-0.1, -0.05) is 6.07 Å². The molecular formula is C22H28N2O7S. The molecule has 2 N–H and O–H groups in total. The highest BCUT2D eigenvalue weighted by Gasteiger charge is 2.18. The number of carbonyl (C=O) groups is 2. The van der Waals surface area contributed by atoms with Crippen LogP contribution in [0.15, 0.2) is 41.3 Å². The molecule has 0 aliphatic heterocycles. The van der Waals surface area contributed by atoms with E-state index in [1.54, 1.807) is 31.2 Å². The van der Waals surface area contributed by atoms with Crippen LogP contribution in [-0.2, 0) is 24.3 Å². The summed E-state index contributed by atoms with van der Waals surface area (Å²) in [7, 11) is -3.89. The van der Waals surface area contributed by atoms with E-state index < -0.39 is 35.1 Å². The smallest absolute Gasteiger partial charge is 0.321 e. The Labute approximate surface area is 188 Å². The van der Waals surface area contributed by atoms with E-state index in [2.05, 4.69) is 10.0 Å². The van der Waals surface area contributed by atoms with Crippen molar-refractivity contribution in [2.45, 2.75) is 32.6 Å². The Morgan fingerprint density at radius 1 is 0.938 bits per heavy atom. The molecule has 0 spiro atoms. The van der Waals surface area contributed by atoms with E-state index in [4.69, 9.17) is 14.2 Å². The summed E-state index contributed by atoms with van der Waals surface area (Å²) in [6.07, 6.45) is 0. The average Bonchev–Trinajstić information content (AvgIpc) is 2.75. The fourth-order valence-corrected chi connectivity index (χ4v) is 3.70. The van der Waals surface area contributed by atoms with Gasteiger partial charge in [0.1, 0.15) is 18.0 Å². The van der Waals surface area contributed by atoms with Crippen LogP contribution in [0.4, 0.5) is 5.69 Å². The van der Waals surface area contributed by atoms with Gasteiger partial charge in [-0.2, -0.15) is 4.72 Å². The van der Waals surface area contributed by atoms with Gasteiger partial charge >= 0.3 is 5.97 Å². The van der Waals surface area contributed by atoms with Crippen molar-refractivity contribution >= 4 is 27.6 Å². The maximum absolute atomic E-state index is 12.3. The van der Waals surface area contributed by atoms with Crippen molar-refractivity contribution in [1.82, 2.24) is 4.72 Å². The van der Waals surface area contributed by atoms with Gasteiger partial charge in [0, 0.05) is 6.07 Å². The van der Waals surface area contributed by atoms with Crippen LogP contribution in [-0.4, -0.2) is 46.7 Å². The minimum absolute atomic E-state index is 0.0452. The predicted octanol–water partition coefficient (Wildman–Crippen LogP) is 2.56. The van der Waals surface area contributed by atoms with Gasteiger partial charge in [-0.25, -0.2) is 8.42 Å². The predicted molar refractivity (Wildman–Crippen MR) is 119 cm³/mol. The first-order valence-corrected chi connectivity index (χ1v) is 11.6. The summed E-state index contributed by atoms with van der Waals surface area (Å²) < 4.78 is 42.6. The van der Waals surface area contributed by atoms with Gasteiger partial charge in [0.2, 0.25) is 10.0 Å². The van der Waals surface area contributed by atoms with Crippen LogP contribution in [0, 0.1) is 13.8 Å². The highest BCUT2D eigenvalue weighted by atomic mass is 32.2. The number of benzene rings is 2. The quantitative estimate of drug-likeness (QED) is 0.490. The maximum Gasteiger partial charge on any atom is 0.321 e. The van der Waals surface area contributed by atoms with Gasteiger partial charge in [0.25, 0.3) is 5.91 Å². The van der Waals surface area contributed by atoms with Gasteiger partial charge in [0.15, 0.2) is 6.61 Å². The number of aryl methyl sites for hydroxylation is 2. The molecule has 2 aromatic rings. The van der Waals surface area contributed by atoms with Crippen molar-refractivity contribution in [2.24, 2.45) is 0 Å². The number of ether oxygens (including phenoxy) is 3. The molecule has 0 radical (unpaired) electrons. The lowest BCUT2D eigenvalue weighted by atomic mass is 10.1. The molecule has 0 fully saturated rings. The SMILES string of the molecule is CCOc1ccc(OCC)c(NC(=O)COC(=O)CNS(=O)(=O)c2ccc(C)c(C)c2)c1. The lowest BCUT2D eigenvalue weighted by Gasteiger charge is -2.13. The summed E-state index contributed by atoms with van der Waals surface area (Å²) in [6, 6.07) is 9.64. The van der Waals surface area contributed by atoms with E-state index in [0.29, 0.717) is 30.4 Å². The van der Waals surface area contributed by atoms with E-state index in [1.165, 1.54) is 12.1 Å². The number of hydrogen-bond donors (Lipinski definition) is 2. The molecular weight excluding hydrogens is 436 g/mol. The Kier molecular flexibility index (Phi) is 9.03. The minimum Gasteiger partial charge on any atom is -0.494 e. The van der Waals surface area contributed by atoms with E-state index >= 15 is 0 Å². The largest absolute Gasteiger partial charge is 0.494 e. The molecule has 1 amide bonds. The number of anilines is 1. The number of hydrogen-bond acceptors (Lipinski definition) is 7. The molecule has 9 nitrogen and oxygen atoms in total. The van der Waals surface area contributed by atoms with E-state index in [9.17, 15) is 18.0 Å². The Morgan fingerprint density at radius 3 is 2.31 bits per heavy atom. The zero-order valence-electron chi connectivity index (χ0n) is 18.6. The molecule has 0 saturated heterocycles. The highest BCUT2D eigenvalue weighted by molar-refractivity contribution is 7.89. The van der Waals surface area contributed by atoms with Crippen LogP contribution in [0.1, 0.15) is 25.0 Å². The molecule has 0 unspecified atom stereocenters. The lowest BCUT2D eigenvalue weighted by molar-refractivity contribution is -0.146. The first-order valence-electron chi connectivity index (χ1n) is 10.1. The highest BCUT2D eigenvalue weighted by Crippen LogP contribution is 2.29. The van der Waals surface area contributed by atoms with Crippen LogP contribution in [0.5, 0.6) is 11.5 Å². The van der Waals surface area contributed by atoms with Gasteiger partial charge in [0.05, 0.1) is 23.8 Å². The zero-order valence-corrected chi connectivity index (χ0v) is 19.4. The Bertz CT molecular complexity index is 1070. The second kappa shape index (κ2) is 11.5. The Balaban J connectivity index is 1.91. The Hall–Kier alpha value is -3.11. The number of rotatable bonds is 11. The molecule has 0 aliphatic rings. The van der Waals surface area contributed by atoms with Gasteiger partial charge in [-0.05, 0) is 63.1 Å². The molecule has 0 heterocycles. The number of sulfonamides is 1. The summed E-state index contributed by atoms with van der Waals surface area (Å²) in [5.74, 6) is -0.508. The van der Waals surface area contributed by atoms with Gasteiger partial charge in [-0.15, -0.1) is 0 Å². The molecule has 2 rings (SSSR count). The topological polar surface area (TPSA) is 120 Å². The molecule has 2 aromatic carbocycles. The normalized spacial score (nSPS) is 11.0. The van der Waals surface area contributed by atoms with Crippen LogP contribution < -0.4 is 19.5 Å². The summed E-state index contributed by atoms with van der Waals surface area (Å²) in [5.41, 5.74) is 2.13. The van der Waals surface area contributed by atoms with Crippen molar-refractivity contribution in [3.8, 4) is 11.5 Å². The third kappa shape index (κ3) is 7.24. The van der Waals surface area contributed by atoms with E-state index in [1.807, 2.05) is 20.8 Å². The number of carbonyl (C=O) groups excluding carboxylic acids is 2. The van der Waals surface area contributed by atoms with Crippen LogP contribution >= 0.6 is 0 Å². The lowest BCUT2D eigenvalue weighted by Crippen LogP contribution is -2.32. The van der Waals surface area contributed by atoms with Crippen molar-refractivity contribution in [3.05, 3.63) is 47.5 Å². The molecule has 0 aliphatic carbocycles. The van der Waals surface area contributed by atoms with Crippen molar-refractivity contribution in [1.29, 1.82) is 0 Å². The molecule has 174 valence electrons. The fourth-order valence-electron chi connectivity index (χ4n) is 2.65. The second-order valence-corrected chi connectivity index (χ2v) is 8.57. The third-order valence-electron chi connectivity index (χ3n) is 4.40. The molecule has 0 saturated carbocycles. The maximum atomic E-state index is 12.3. The molecule has 32 heavy (non-hydrogen) atoms.